The van der Waals surface area contributed by atoms with Crippen LogP contribution in [0.25, 0.3) is 11.2 Å². The number of nitrogens with zero attached hydrogens (tertiary/aromatic N) is 4. The van der Waals surface area contributed by atoms with E-state index in [9.17, 15) is 0 Å². The van der Waals surface area contributed by atoms with E-state index < -0.39 is 0 Å². The minimum Gasteiger partial charge on any atom is -0.382 e. The molecule has 2 heterocycles. The molecule has 0 saturated carbocycles. The van der Waals surface area contributed by atoms with Crippen molar-refractivity contribution < 1.29 is 0 Å². The topological polar surface area (TPSA) is 77.6 Å². The van der Waals surface area contributed by atoms with E-state index in [0.29, 0.717) is 17.4 Å². The fourth-order valence-corrected chi connectivity index (χ4v) is 1.29. The molecule has 2 rings (SSSR count). The highest BCUT2D eigenvalue weighted by molar-refractivity contribution is 5.73. The normalized spacial score (nSPS) is 11.1. The molecule has 0 aliphatic heterocycles. The van der Waals surface area contributed by atoms with Crippen molar-refractivity contribution in [3.8, 4) is 0 Å². The first-order valence-corrected chi connectivity index (χ1v) is 4.41. The van der Waals surface area contributed by atoms with Crippen LogP contribution in [0.3, 0.4) is 0 Å². The number of anilines is 1. The van der Waals surface area contributed by atoms with Crippen molar-refractivity contribution in [3.63, 3.8) is 0 Å². The second-order valence-electron chi connectivity index (χ2n) is 3.38. The van der Waals surface area contributed by atoms with Crippen molar-refractivity contribution in [3.05, 3.63) is 18.2 Å². The van der Waals surface area contributed by atoms with Crippen LogP contribution in [0.1, 0.15) is 25.5 Å². The Hall–Kier alpha value is -1.78. The largest absolute Gasteiger partial charge is 0.382 e. The van der Waals surface area contributed by atoms with Gasteiger partial charge in [0.1, 0.15) is 17.7 Å². The van der Waals surface area contributed by atoms with E-state index in [1.807, 2.05) is 0 Å². The Morgan fingerprint density at radius 1 is 1.21 bits per heavy atom. The Morgan fingerprint density at radius 3 is 2.71 bits per heavy atom. The van der Waals surface area contributed by atoms with E-state index in [2.05, 4.69) is 33.8 Å². The van der Waals surface area contributed by atoms with Gasteiger partial charge in [-0.3, -0.25) is 0 Å². The van der Waals surface area contributed by atoms with Crippen molar-refractivity contribution >= 4 is 17.0 Å². The first-order valence-electron chi connectivity index (χ1n) is 4.41. The SMILES string of the molecule is CC(C)c1ncnc2nc(N)cnc12. The monoisotopic (exact) mass is 189 g/mol. The van der Waals surface area contributed by atoms with Crippen LogP contribution in [0.2, 0.25) is 0 Å². The van der Waals surface area contributed by atoms with Crippen LogP contribution in [0.15, 0.2) is 12.5 Å². The summed E-state index contributed by atoms with van der Waals surface area (Å²) in [4.78, 5) is 16.5. The molecular weight excluding hydrogens is 178 g/mol. The number of rotatable bonds is 1. The molecule has 14 heavy (non-hydrogen) atoms. The van der Waals surface area contributed by atoms with Crippen LogP contribution in [-0.2, 0) is 0 Å². The van der Waals surface area contributed by atoms with Crippen molar-refractivity contribution in [1.82, 2.24) is 19.9 Å². The smallest absolute Gasteiger partial charge is 0.183 e. The van der Waals surface area contributed by atoms with Gasteiger partial charge in [0.25, 0.3) is 0 Å². The van der Waals surface area contributed by atoms with E-state index >= 15 is 0 Å². The molecule has 2 N–H and O–H groups in total. The first-order chi connectivity index (χ1) is 6.68. The maximum atomic E-state index is 5.52. The predicted molar refractivity (Wildman–Crippen MR) is 53.6 cm³/mol. The molecule has 5 heteroatoms. The van der Waals surface area contributed by atoms with Crippen molar-refractivity contribution in [2.45, 2.75) is 19.8 Å². The molecule has 0 aliphatic carbocycles. The lowest BCUT2D eigenvalue weighted by molar-refractivity contribution is 0.822. The highest BCUT2D eigenvalue weighted by atomic mass is 15.0. The van der Waals surface area contributed by atoms with Crippen LogP contribution >= 0.6 is 0 Å². The zero-order chi connectivity index (χ0) is 10.1. The Balaban J connectivity index is 2.75. The molecule has 2 aromatic heterocycles. The second-order valence-corrected chi connectivity index (χ2v) is 3.38. The van der Waals surface area contributed by atoms with E-state index in [1.165, 1.54) is 12.5 Å². The summed E-state index contributed by atoms with van der Waals surface area (Å²) in [6.07, 6.45) is 3.02. The molecule has 0 unspecified atom stereocenters. The fourth-order valence-electron chi connectivity index (χ4n) is 1.29. The van der Waals surface area contributed by atoms with E-state index in [1.54, 1.807) is 0 Å². The van der Waals surface area contributed by atoms with E-state index in [4.69, 9.17) is 5.73 Å². The third-order valence-corrected chi connectivity index (χ3v) is 1.94. The lowest BCUT2D eigenvalue weighted by Gasteiger charge is -2.05. The predicted octanol–water partition coefficient (Wildman–Crippen LogP) is 1.13. The zero-order valence-corrected chi connectivity index (χ0v) is 8.10. The summed E-state index contributed by atoms with van der Waals surface area (Å²) >= 11 is 0. The molecule has 2 aromatic rings. The van der Waals surface area contributed by atoms with Gasteiger partial charge in [-0.15, -0.1) is 0 Å². The molecular formula is C9H11N5. The highest BCUT2D eigenvalue weighted by Crippen LogP contribution is 2.18. The summed E-state index contributed by atoms with van der Waals surface area (Å²) in [7, 11) is 0. The summed E-state index contributed by atoms with van der Waals surface area (Å²) in [5, 5.41) is 0. The molecule has 0 saturated heterocycles. The first kappa shape index (κ1) is 8.80. The van der Waals surface area contributed by atoms with Crippen LogP contribution in [0, 0.1) is 0 Å². The fraction of sp³-hybridized carbons (Fsp3) is 0.333. The lowest BCUT2D eigenvalue weighted by atomic mass is 10.1. The molecule has 0 aromatic carbocycles. The molecule has 0 radical (unpaired) electrons. The number of aromatic nitrogens is 4. The number of hydrogen-bond acceptors (Lipinski definition) is 5. The van der Waals surface area contributed by atoms with Gasteiger partial charge in [0, 0.05) is 0 Å². The van der Waals surface area contributed by atoms with E-state index in [-0.39, 0.29) is 0 Å². The van der Waals surface area contributed by atoms with Gasteiger partial charge < -0.3 is 5.73 Å². The maximum absolute atomic E-state index is 5.52. The van der Waals surface area contributed by atoms with Gasteiger partial charge in [-0.2, -0.15) is 0 Å². The Bertz CT molecular complexity index is 466. The molecule has 0 fully saturated rings. The van der Waals surface area contributed by atoms with Gasteiger partial charge in [0.2, 0.25) is 0 Å². The van der Waals surface area contributed by atoms with Crippen molar-refractivity contribution in [2.24, 2.45) is 0 Å². The van der Waals surface area contributed by atoms with Crippen LogP contribution < -0.4 is 5.73 Å². The summed E-state index contributed by atoms with van der Waals surface area (Å²) in [6.45, 7) is 4.11. The average Bonchev–Trinajstić information content (AvgIpc) is 2.16. The molecule has 0 aliphatic rings. The quantitative estimate of drug-likeness (QED) is 0.727. The third-order valence-electron chi connectivity index (χ3n) is 1.94. The second kappa shape index (κ2) is 3.17. The summed E-state index contributed by atoms with van der Waals surface area (Å²) in [5.41, 5.74) is 7.71. The molecule has 0 spiro atoms. The van der Waals surface area contributed by atoms with Gasteiger partial charge in [-0.05, 0) is 5.92 Å². The lowest BCUT2D eigenvalue weighted by Crippen LogP contribution is -2.01. The number of hydrogen-bond donors (Lipinski definition) is 1. The van der Waals surface area contributed by atoms with Gasteiger partial charge >= 0.3 is 0 Å². The van der Waals surface area contributed by atoms with Crippen LogP contribution in [0.4, 0.5) is 5.82 Å². The highest BCUT2D eigenvalue weighted by Gasteiger charge is 2.09. The number of fused-ring (bicyclic) bond motifs is 1. The minimum absolute atomic E-state index is 0.304. The molecule has 0 atom stereocenters. The molecule has 5 nitrogen and oxygen atoms in total. The Morgan fingerprint density at radius 2 is 2.00 bits per heavy atom. The van der Waals surface area contributed by atoms with Crippen LogP contribution in [-0.4, -0.2) is 19.9 Å². The summed E-state index contributed by atoms with van der Waals surface area (Å²) in [5.74, 6) is 0.685. The maximum Gasteiger partial charge on any atom is 0.183 e. The zero-order valence-electron chi connectivity index (χ0n) is 8.10. The average molecular weight is 189 g/mol. The minimum atomic E-state index is 0.304. The van der Waals surface area contributed by atoms with Gasteiger partial charge in [0.15, 0.2) is 5.65 Å². The van der Waals surface area contributed by atoms with Crippen molar-refractivity contribution in [2.75, 3.05) is 5.73 Å². The standard InChI is InChI=1S/C9H11N5/c1-5(2)7-8-9(13-4-12-7)14-6(10)3-11-8/h3-5H,1-2H3,(H2,10,12,13,14). The van der Waals surface area contributed by atoms with Gasteiger partial charge in [0.05, 0.1) is 11.9 Å². The third kappa shape index (κ3) is 1.37. The van der Waals surface area contributed by atoms with Gasteiger partial charge in [-0.1, -0.05) is 13.8 Å². The molecule has 0 amide bonds. The Kier molecular flexibility index (Phi) is 1.99. The molecule has 72 valence electrons. The number of nitrogen functional groups attached to an aromatic ring is 1. The van der Waals surface area contributed by atoms with Crippen LogP contribution in [0.5, 0.6) is 0 Å². The molecule has 0 bridgehead atoms. The van der Waals surface area contributed by atoms with Crippen molar-refractivity contribution in [1.29, 1.82) is 0 Å². The Labute approximate surface area is 81.4 Å². The van der Waals surface area contributed by atoms with Gasteiger partial charge in [-0.25, -0.2) is 19.9 Å². The summed E-state index contributed by atoms with van der Waals surface area (Å²) in [6, 6.07) is 0. The van der Waals surface area contributed by atoms with E-state index in [0.717, 1.165) is 11.2 Å². The number of nitrogens with two attached hydrogens (primary N) is 1. The summed E-state index contributed by atoms with van der Waals surface area (Å²) < 4.78 is 0.